The Hall–Kier alpha value is -0.240. The van der Waals surface area contributed by atoms with Crippen LogP contribution >= 0.6 is 0 Å². The first kappa shape index (κ1) is 9.85. The molecule has 0 saturated carbocycles. The largest absolute Gasteiger partial charge is 0.388 e. The van der Waals surface area contributed by atoms with Crippen LogP contribution in [0.3, 0.4) is 0 Å². The van der Waals surface area contributed by atoms with Crippen LogP contribution in [0.1, 0.15) is 0 Å². The summed E-state index contributed by atoms with van der Waals surface area (Å²) in [6.45, 7) is -0.323. The summed E-state index contributed by atoms with van der Waals surface area (Å²) in [6, 6.07) is 0. The summed E-state index contributed by atoms with van der Waals surface area (Å²) in [5.74, 6) is 0. The van der Waals surface area contributed by atoms with E-state index in [0.717, 1.165) is 0 Å². The van der Waals surface area contributed by atoms with E-state index in [9.17, 15) is 0 Å². The van der Waals surface area contributed by atoms with Crippen molar-refractivity contribution in [2.45, 2.75) is 30.7 Å². The normalized spacial score (nSPS) is 50.2. The van der Waals surface area contributed by atoms with Gasteiger partial charge >= 0.3 is 0 Å². The van der Waals surface area contributed by atoms with Gasteiger partial charge < -0.3 is 30.3 Å². The van der Waals surface area contributed by atoms with E-state index >= 15 is 0 Å². The number of ether oxygens (including phenoxy) is 1. The highest BCUT2D eigenvalue weighted by molar-refractivity contribution is 4.85. The van der Waals surface area contributed by atoms with Crippen LogP contribution in [-0.4, -0.2) is 62.8 Å². The van der Waals surface area contributed by atoms with Crippen molar-refractivity contribution < 1.29 is 30.3 Å². The zero-order valence-corrected chi connectivity index (χ0v) is 6.24. The SMILES string of the molecule is O[C@H]1[C@@H](O)[C@@H](O)OC[C@H](O)[C@H]1O. The van der Waals surface area contributed by atoms with Crippen LogP contribution in [0.25, 0.3) is 0 Å². The van der Waals surface area contributed by atoms with Gasteiger partial charge in [-0.2, -0.15) is 0 Å². The van der Waals surface area contributed by atoms with E-state index in [-0.39, 0.29) is 6.61 Å². The molecule has 0 aromatic carbocycles. The Morgan fingerprint density at radius 3 is 2.00 bits per heavy atom. The average molecular weight is 180 g/mol. The molecule has 0 unspecified atom stereocenters. The molecule has 1 aliphatic rings. The van der Waals surface area contributed by atoms with Crippen molar-refractivity contribution in [3.8, 4) is 0 Å². The Labute approximate surface area is 68.6 Å². The first-order valence-electron chi connectivity index (χ1n) is 3.56. The highest BCUT2D eigenvalue weighted by atomic mass is 16.6. The molecule has 6 heteroatoms. The second-order valence-corrected chi connectivity index (χ2v) is 2.76. The van der Waals surface area contributed by atoms with Gasteiger partial charge in [-0.3, -0.25) is 0 Å². The second kappa shape index (κ2) is 3.65. The lowest BCUT2D eigenvalue weighted by molar-refractivity contribution is -0.181. The quantitative estimate of drug-likeness (QED) is 0.268. The van der Waals surface area contributed by atoms with E-state index in [1.165, 1.54) is 0 Å². The second-order valence-electron chi connectivity index (χ2n) is 2.76. The monoisotopic (exact) mass is 180 g/mol. The molecule has 0 aliphatic carbocycles. The van der Waals surface area contributed by atoms with Crippen LogP contribution in [0.15, 0.2) is 0 Å². The van der Waals surface area contributed by atoms with Crippen molar-refractivity contribution in [1.82, 2.24) is 0 Å². The van der Waals surface area contributed by atoms with Gasteiger partial charge in [0.15, 0.2) is 6.29 Å². The number of hydrogen-bond donors (Lipinski definition) is 5. The third-order valence-electron chi connectivity index (χ3n) is 1.82. The van der Waals surface area contributed by atoms with Crippen LogP contribution in [0.5, 0.6) is 0 Å². The van der Waals surface area contributed by atoms with Crippen molar-refractivity contribution in [3.05, 3.63) is 0 Å². The van der Waals surface area contributed by atoms with Gasteiger partial charge in [-0.05, 0) is 0 Å². The molecule has 0 bridgehead atoms. The fraction of sp³-hybridized carbons (Fsp3) is 1.00. The molecular weight excluding hydrogens is 168 g/mol. The molecule has 0 radical (unpaired) electrons. The fourth-order valence-electron chi connectivity index (χ4n) is 0.993. The molecular formula is C6H12O6. The molecule has 1 aliphatic heterocycles. The standard InChI is InChI=1S/C6H12O6/c7-2-1-12-6(11)5(10)4(9)3(2)8/h2-11H,1H2/t2-,3+,4+,5+,6-/m0/s1. The van der Waals surface area contributed by atoms with Crippen LogP contribution in [-0.2, 0) is 4.74 Å². The zero-order chi connectivity index (χ0) is 9.30. The average Bonchev–Trinajstić information content (AvgIpc) is 2.14. The molecule has 0 amide bonds. The van der Waals surface area contributed by atoms with Crippen molar-refractivity contribution >= 4 is 0 Å². The summed E-state index contributed by atoms with van der Waals surface area (Å²) in [5.41, 5.74) is 0. The van der Waals surface area contributed by atoms with Crippen LogP contribution in [0.2, 0.25) is 0 Å². The fourth-order valence-corrected chi connectivity index (χ4v) is 0.993. The van der Waals surface area contributed by atoms with E-state index in [1.54, 1.807) is 0 Å². The maximum atomic E-state index is 9.07. The molecule has 0 spiro atoms. The lowest BCUT2D eigenvalue weighted by Gasteiger charge is -2.22. The molecule has 0 aromatic rings. The smallest absolute Gasteiger partial charge is 0.183 e. The Kier molecular flexibility index (Phi) is 2.99. The summed E-state index contributed by atoms with van der Waals surface area (Å²) in [4.78, 5) is 0. The topological polar surface area (TPSA) is 110 Å². The van der Waals surface area contributed by atoms with Gasteiger partial charge in [0.2, 0.25) is 0 Å². The minimum absolute atomic E-state index is 0.323. The maximum absolute atomic E-state index is 9.07. The van der Waals surface area contributed by atoms with Crippen LogP contribution in [0, 0.1) is 0 Å². The minimum Gasteiger partial charge on any atom is -0.388 e. The first-order chi connectivity index (χ1) is 5.54. The molecule has 5 atom stereocenters. The molecule has 0 aromatic heterocycles. The molecule has 12 heavy (non-hydrogen) atoms. The summed E-state index contributed by atoms with van der Waals surface area (Å²) in [6.07, 6.45) is -7.58. The minimum atomic E-state index is -1.60. The van der Waals surface area contributed by atoms with Crippen LogP contribution in [0.4, 0.5) is 0 Å². The van der Waals surface area contributed by atoms with Gasteiger partial charge in [0.05, 0.1) is 6.61 Å². The van der Waals surface area contributed by atoms with Crippen molar-refractivity contribution in [2.75, 3.05) is 6.61 Å². The molecule has 1 saturated heterocycles. The van der Waals surface area contributed by atoms with Gasteiger partial charge in [0.25, 0.3) is 0 Å². The first-order valence-corrected chi connectivity index (χ1v) is 3.56. The van der Waals surface area contributed by atoms with E-state index in [2.05, 4.69) is 4.74 Å². The number of aliphatic hydroxyl groups is 5. The van der Waals surface area contributed by atoms with E-state index in [1.807, 2.05) is 0 Å². The number of aliphatic hydroxyl groups excluding tert-OH is 5. The molecule has 5 N–H and O–H groups in total. The summed E-state index contributed by atoms with van der Waals surface area (Å²) < 4.78 is 4.50. The summed E-state index contributed by atoms with van der Waals surface area (Å²) in [5, 5.41) is 45.1. The highest BCUT2D eigenvalue weighted by Crippen LogP contribution is 2.14. The maximum Gasteiger partial charge on any atom is 0.183 e. The number of hydrogen-bond acceptors (Lipinski definition) is 6. The van der Waals surface area contributed by atoms with Crippen LogP contribution < -0.4 is 0 Å². The van der Waals surface area contributed by atoms with E-state index in [4.69, 9.17) is 25.5 Å². The van der Waals surface area contributed by atoms with Gasteiger partial charge in [0, 0.05) is 0 Å². The Balaban J connectivity index is 2.68. The van der Waals surface area contributed by atoms with Gasteiger partial charge in [-0.25, -0.2) is 0 Å². The molecule has 1 rings (SSSR count). The Morgan fingerprint density at radius 1 is 0.833 bits per heavy atom. The molecule has 6 nitrogen and oxygen atoms in total. The van der Waals surface area contributed by atoms with E-state index in [0.29, 0.717) is 0 Å². The third kappa shape index (κ3) is 1.74. The predicted molar refractivity (Wildman–Crippen MR) is 36.0 cm³/mol. The predicted octanol–water partition coefficient (Wildman–Crippen LogP) is -3.22. The van der Waals surface area contributed by atoms with E-state index < -0.39 is 30.7 Å². The van der Waals surface area contributed by atoms with Crippen molar-refractivity contribution in [1.29, 1.82) is 0 Å². The third-order valence-corrected chi connectivity index (χ3v) is 1.82. The lowest BCUT2D eigenvalue weighted by atomic mass is 10.0. The van der Waals surface area contributed by atoms with Gasteiger partial charge in [-0.1, -0.05) is 0 Å². The lowest BCUT2D eigenvalue weighted by Crippen LogP contribution is -2.46. The van der Waals surface area contributed by atoms with Crippen molar-refractivity contribution in [3.63, 3.8) is 0 Å². The zero-order valence-electron chi connectivity index (χ0n) is 6.24. The van der Waals surface area contributed by atoms with Crippen molar-refractivity contribution in [2.24, 2.45) is 0 Å². The number of rotatable bonds is 0. The Bertz CT molecular complexity index is 135. The molecule has 1 fully saturated rings. The summed E-state index contributed by atoms with van der Waals surface area (Å²) in [7, 11) is 0. The summed E-state index contributed by atoms with van der Waals surface area (Å²) >= 11 is 0. The van der Waals surface area contributed by atoms with Gasteiger partial charge in [-0.15, -0.1) is 0 Å². The highest BCUT2D eigenvalue weighted by Gasteiger charge is 2.38. The van der Waals surface area contributed by atoms with Gasteiger partial charge in [0.1, 0.15) is 24.4 Å². The Morgan fingerprint density at radius 2 is 1.42 bits per heavy atom. The molecule has 72 valence electrons. The molecule has 1 heterocycles.